The van der Waals surface area contributed by atoms with Gasteiger partial charge in [0.05, 0.1) is 17.2 Å². The van der Waals surface area contributed by atoms with E-state index < -0.39 is 5.66 Å². The molecule has 27 heavy (non-hydrogen) atoms. The van der Waals surface area contributed by atoms with Gasteiger partial charge in [0.2, 0.25) is 0 Å². The normalized spacial score (nSPS) is 18.9. The van der Waals surface area contributed by atoms with Crippen LogP contribution in [0.2, 0.25) is 0 Å². The molecule has 1 aromatic heterocycles. The molecule has 1 spiro atoms. The molecule has 0 atom stereocenters. The highest BCUT2D eigenvalue weighted by Gasteiger charge is 2.48. The number of hydroxylamine groups is 1. The molecule has 5 nitrogen and oxygen atoms in total. The molecule has 1 fully saturated rings. The first kappa shape index (κ1) is 16.1. The van der Waals surface area contributed by atoms with Crippen LogP contribution in [0.5, 0.6) is 0 Å². The van der Waals surface area contributed by atoms with Gasteiger partial charge in [-0.25, -0.2) is 9.98 Å². The first-order valence-corrected chi connectivity index (χ1v) is 9.49. The summed E-state index contributed by atoms with van der Waals surface area (Å²) in [5.41, 5.74) is 3.74. The summed E-state index contributed by atoms with van der Waals surface area (Å²) < 4.78 is 1.12. The number of benzene rings is 2. The summed E-state index contributed by atoms with van der Waals surface area (Å²) in [7, 11) is 0. The van der Waals surface area contributed by atoms with E-state index >= 15 is 0 Å². The molecule has 3 aromatic rings. The molecule has 1 saturated carbocycles. The van der Waals surface area contributed by atoms with Crippen LogP contribution in [0.1, 0.15) is 43.4 Å². The minimum absolute atomic E-state index is 0.543. The highest BCUT2D eigenvalue weighted by Crippen LogP contribution is 2.37. The molecule has 1 aliphatic carbocycles. The lowest BCUT2D eigenvalue weighted by atomic mass is 9.90. The second-order valence-corrected chi connectivity index (χ2v) is 7.26. The fourth-order valence-electron chi connectivity index (χ4n) is 4.14. The van der Waals surface area contributed by atoms with E-state index in [1.54, 1.807) is 6.20 Å². The summed E-state index contributed by atoms with van der Waals surface area (Å²) in [4.78, 5) is 14.3. The molecule has 0 unspecified atom stereocenters. The topological polar surface area (TPSA) is 64.2 Å². The van der Waals surface area contributed by atoms with E-state index in [1.165, 1.54) is 0 Å². The lowest BCUT2D eigenvalue weighted by Crippen LogP contribution is -2.39. The predicted octanol–water partition coefficient (Wildman–Crippen LogP) is 4.09. The zero-order valence-electron chi connectivity index (χ0n) is 15.0. The van der Waals surface area contributed by atoms with Gasteiger partial charge in [-0.2, -0.15) is 4.74 Å². The van der Waals surface area contributed by atoms with E-state index in [2.05, 4.69) is 4.98 Å². The molecule has 0 saturated heterocycles. The molecule has 5 heteroatoms. The minimum atomic E-state index is -0.688. The summed E-state index contributed by atoms with van der Waals surface area (Å²) in [6.45, 7) is 0. The fraction of sp³-hybridized carbons (Fsp3) is 0.273. The zero-order chi connectivity index (χ0) is 18.3. The van der Waals surface area contributed by atoms with Crippen LogP contribution in [0.15, 0.2) is 65.8 Å². The maximum absolute atomic E-state index is 13.5. The Labute approximate surface area is 157 Å². The second-order valence-electron chi connectivity index (χ2n) is 7.26. The molecule has 2 aromatic carbocycles. The number of fused-ring (bicyclic) bond motifs is 1. The fourth-order valence-corrected chi connectivity index (χ4v) is 4.14. The molecule has 2 heterocycles. The van der Waals surface area contributed by atoms with Crippen LogP contribution in [0.4, 0.5) is 0 Å². The van der Waals surface area contributed by atoms with Gasteiger partial charge in [-0.3, -0.25) is 4.98 Å². The first-order chi connectivity index (χ1) is 13.3. The van der Waals surface area contributed by atoms with E-state index in [9.17, 15) is 5.21 Å². The van der Waals surface area contributed by atoms with E-state index in [0.29, 0.717) is 11.4 Å². The van der Waals surface area contributed by atoms with Crippen molar-refractivity contribution in [2.45, 2.75) is 37.8 Å². The Morgan fingerprint density at radius 2 is 1.56 bits per heavy atom. The summed E-state index contributed by atoms with van der Waals surface area (Å²) in [5.74, 6) is 0. The van der Waals surface area contributed by atoms with Gasteiger partial charge < -0.3 is 5.21 Å². The molecule has 0 amide bonds. The van der Waals surface area contributed by atoms with Gasteiger partial charge in [0, 0.05) is 18.4 Å². The van der Waals surface area contributed by atoms with E-state index in [1.807, 2.05) is 54.6 Å². The van der Waals surface area contributed by atoms with E-state index in [4.69, 9.17) is 9.98 Å². The molecule has 134 valence electrons. The molecule has 0 radical (unpaired) electrons. The minimum Gasteiger partial charge on any atom is -0.621 e. The Morgan fingerprint density at radius 3 is 2.33 bits per heavy atom. The van der Waals surface area contributed by atoms with Crippen LogP contribution in [0.25, 0.3) is 11.0 Å². The molecule has 2 aliphatic rings. The highest BCUT2D eigenvalue weighted by atomic mass is 16.5. The zero-order valence-corrected chi connectivity index (χ0v) is 15.0. The molecule has 0 N–H and O–H groups in total. The Balaban J connectivity index is 1.71. The van der Waals surface area contributed by atoms with Gasteiger partial charge >= 0.3 is 0 Å². The Kier molecular flexibility index (Phi) is 3.74. The third kappa shape index (κ3) is 2.62. The summed E-state index contributed by atoms with van der Waals surface area (Å²) in [6, 6.07) is 17.6. The van der Waals surface area contributed by atoms with Gasteiger partial charge in [-0.15, -0.1) is 0 Å². The van der Waals surface area contributed by atoms with Crippen LogP contribution in [-0.2, 0) is 0 Å². The van der Waals surface area contributed by atoms with Crippen molar-refractivity contribution in [2.75, 3.05) is 0 Å². The number of nitrogens with zero attached hydrogens (tertiary/aromatic N) is 4. The second kappa shape index (κ2) is 6.27. The number of aliphatic imine (C=N–C) groups is 1. The number of aromatic nitrogens is 2. The van der Waals surface area contributed by atoms with Gasteiger partial charge in [0.25, 0.3) is 11.4 Å². The van der Waals surface area contributed by atoms with Crippen molar-refractivity contribution in [1.29, 1.82) is 0 Å². The Bertz CT molecular complexity index is 1070. The lowest BCUT2D eigenvalue weighted by molar-refractivity contribution is -0.547. The molecule has 1 aliphatic heterocycles. The van der Waals surface area contributed by atoms with Crippen molar-refractivity contribution in [2.24, 2.45) is 4.99 Å². The van der Waals surface area contributed by atoms with Crippen LogP contribution >= 0.6 is 0 Å². The van der Waals surface area contributed by atoms with Crippen molar-refractivity contribution in [3.63, 3.8) is 0 Å². The van der Waals surface area contributed by atoms with Crippen molar-refractivity contribution in [1.82, 2.24) is 9.97 Å². The van der Waals surface area contributed by atoms with Crippen LogP contribution in [0.3, 0.4) is 0 Å². The van der Waals surface area contributed by atoms with Gasteiger partial charge in [-0.05, 0) is 25.0 Å². The lowest BCUT2D eigenvalue weighted by Gasteiger charge is -2.28. The maximum atomic E-state index is 13.5. The average molecular weight is 356 g/mol. The largest absolute Gasteiger partial charge is 0.621 e. The number of hydrogen-bond acceptors (Lipinski definition) is 4. The number of rotatable bonds is 2. The smallest absolute Gasteiger partial charge is 0.267 e. The monoisotopic (exact) mass is 356 g/mol. The summed E-state index contributed by atoms with van der Waals surface area (Å²) >= 11 is 0. The summed E-state index contributed by atoms with van der Waals surface area (Å²) in [5, 5.41) is 13.5. The van der Waals surface area contributed by atoms with Crippen molar-refractivity contribution >= 4 is 22.5 Å². The van der Waals surface area contributed by atoms with Gasteiger partial charge in [-0.1, -0.05) is 48.9 Å². The van der Waals surface area contributed by atoms with Gasteiger partial charge in [0.15, 0.2) is 5.69 Å². The standard InChI is InChI=1S/C22H20N4O/c27-26-21(19-15-23-17-11-5-6-12-18(17)24-19)20(16-9-3-1-4-10-16)25-22(26)13-7-2-8-14-22/h1,3-6,9-12,15H,2,7-8,13-14H2. The summed E-state index contributed by atoms with van der Waals surface area (Å²) in [6.07, 6.45) is 6.50. The molecular formula is C22H20N4O. The van der Waals surface area contributed by atoms with Crippen LogP contribution < -0.4 is 0 Å². The third-order valence-electron chi connectivity index (χ3n) is 5.52. The molecular weight excluding hydrogens is 336 g/mol. The van der Waals surface area contributed by atoms with Crippen molar-refractivity contribution in [3.8, 4) is 0 Å². The van der Waals surface area contributed by atoms with Crippen LogP contribution in [0, 0.1) is 5.21 Å². The molecule has 0 bridgehead atoms. The third-order valence-corrected chi connectivity index (χ3v) is 5.52. The maximum Gasteiger partial charge on any atom is 0.267 e. The highest BCUT2D eigenvalue weighted by molar-refractivity contribution is 6.52. The Morgan fingerprint density at radius 1 is 0.852 bits per heavy atom. The van der Waals surface area contributed by atoms with E-state index in [-0.39, 0.29) is 0 Å². The van der Waals surface area contributed by atoms with Crippen LogP contribution in [-0.4, -0.2) is 31.8 Å². The predicted molar refractivity (Wildman–Crippen MR) is 106 cm³/mol. The Hall–Kier alpha value is -3.08. The van der Waals surface area contributed by atoms with Crippen molar-refractivity contribution in [3.05, 3.63) is 77.3 Å². The average Bonchev–Trinajstić information content (AvgIpc) is 3.01. The van der Waals surface area contributed by atoms with Crippen molar-refractivity contribution < 1.29 is 4.74 Å². The first-order valence-electron chi connectivity index (χ1n) is 9.49. The van der Waals surface area contributed by atoms with E-state index in [0.717, 1.165) is 59.2 Å². The number of hydrogen-bond donors (Lipinski definition) is 0. The number of para-hydroxylation sites is 2. The SMILES string of the molecule is [O-][N+]1=C(c2cnc3ccccc3n2)C(c2ccccc2)=NC12CCCCC2. The van der Waals surface area contributed by atoms with Gasteiger partial charge in [0.1, 0.15) is 5.71 Å². The molecule has 5 rings (SSSR count). The quantitative estimate of drug-likeness (QED) is 0.513.